The van der Waals surface area contributed by atoms with Crippen molar-refractivity contribution < 1.29 is 9.84 Å². The van der Waals surface area contributed by atoms with Gasteiger partial charge in [-0.05, 0) is 24.1 Å². The third-order valence-corrected chi connectivity index (χ3v) is 4.58. The Labute approximate surface area is 136 Å². The number of hydrogen-bond donors (Lipinski definition) is 1. The molecule has 1 N–H and O–H groups in total. The first-order valence-electron chi connectivity index (χ1n) is 8.05. The van der Waals surface area contributed by atoms with Crippen molar-refractivity contribution in [1.29, 1.82) is 0 Å². The maximum Gasteiger partial charge on any atom is 0.146 e. The molecular weight excluding hydrogens is 292 g/mol. The molecule has 0 bridgehead atoms. The molecule has 0 amide bonds. The number of aryl methyl sites for hydroxylation is 1. The summed E-state index contributed by atoms with van der Waals surface area (Å²) in [4.78, 5) is 2.27. The molecular formula is C17H24N4O2. The highest BCUT2D eigenvalue weighted by Crippen LogP contribution is 2.34. The average molecular weight is 316 g/mol. The van der Waals surface area contributed by atoms with E-state index < -0.39 is 0 Å². The Balaban J connectivity index is 1.83. The van der Waals surface area contributed by atoms with Gasteiger partial charge in [-0.3, -0.25) is 4.90 Å². The normalized spacial score (nSPS) is 21.7. The van der Waals surface area contributed by atoms with Crippen LogP contribution >= 0.6 is 0 Å². The molecule has 23 heavy (non-hydrogen) atoms. The minimum Gasteiger partial charge on any atom is -0.497 e. The number of likely N-dealkylation sites (tertiary alicyclic amines) is 1. The molecule has 0 aliphatic carbocycles. The van der Waals surface area contributed by atoms with E-state index in [0.717, 1.165) is 30.2 Å². The van der Waals surface area contributed by atoms with Gasteiger partial charge in [0.2, 0.25) is 0 Å². The zero-order valence-corrected chi connectivity index (χ0v) is 13.9. The molecule has 124 valence electrons. The number of hydrogen-bond acceptors (Lipinski definition) is 5. The van der Waals surface area contributed by atoms with Gasteiger partial charge in [0, 0.05) is 26.1 Å². The Morgan fingerprint density at radius 1 is 1.30 bits per heavy atom. The number of benzene rings is 1. The van der Waals surface area contributed by atoms with Crippen molar-refractivity contribution in [2.45, 2.75) is 38.5 Å². The first kappa shape index (κ1) is 16.0. The molecule has 1 saturated heterocycles. The lowest BCUT2D eigenvalue weighted by Gasteiger charge is -2.24. The van der Waals surface area contributed by atoms with Gasteiger partial charge in [-0.25, -0.2) is 0 Å². The quantitative estimate of drug-likeness (QED) is 0.909. The molecule has 1 fully saturated rings. The summed E-state index contributed by atoms with van der Waals surface area (Å²) in [6, 6.07) is 8.24. The first-order valence-corrected chi connectivity index (χ1v) is 8.05. The van der Waals surface area contributed by atoms with Crippen LogP contribution in [0.4, 0.5) is 0 Å². The van der Waals surface area contributed by atoms with Gasteiger partial charge >= 0.3 is 0 Å². The molecule has 2 heterocycles. The monoisotopic (exact) mass is 316 g/mol. The highest BCUT2D eigenvalue weighted by atomic mass is 16.5. The van der Waals surface area contributed by atoms with Gasteiger partial charge in [-0.2, -0.15) is 0 Å². The van der Waals surface area contributed by atoms with Crippen LogP contribution in [0.5, 0.6) is 5.75 Å². The van der Waals surface area contributed by atoms with Crippen molar-refractivity contribution in [1.82, 2.24) is 19.7 Å². The van der Waals surface area contributed by atoms with Crippen LogP contribution in [0.25, 0.3) is 0 Å². The van der Waals surface area contributed by atoms with E-state index in [9.17, 15) is 5.11 Å². The summed E-state index contributed by atoms with van der Waals surface area (Å²) in [5.41, 5.74) is 1.17. The van der Waals surface area contributed by atoms with Crippen molar-refractivity contribution in [3.05, 3.63) is 41.5 Å². The number of aliphatic hydroxyl groups excluding tert-OH is 1. The van der Waals surface area contributed by atoms with Crippen LogP contribution in [0.15, 0.2) is 24.3 Å². The van der Waals surface area contributed by atoms with Crippen LogP contribution < -0.4 is 4.74 Å². The number of aliphatic hydroxyl groups is 1. The van der Waals surface area contributed by atoms with E-state index in [-0.39, 0.29) is 12.1 Å². The van der Waals surface area contributed by atoms with E-state index in [2.05, 4.69) is 28.1 Å². The molecule has 0 unspecified atom stereocenters. The largest absolute Gasteiger partial charge is 0.497 e. The van der Waals surface area contributed by atoms with Crippen LogP contribution in [-0.2, 0) is 20.0 Å². The SMILES string of the molecule is CCc1nnc(CN2C[C@@H](O)C[C@H]2c2cccc(OC)c2)n1C. The lowest BCUT2D eigenvalue weighted by atomic mass is 10.0. The molecule has 1 aliphatic heterocycles. The second kappa shape index (κ2) is 6.68. The van der Waals surface area contributed by atoms with E-state index in [4.69, 9.17) is 4.74 Å². The van der Waals surface area contributed by atoms with Gasteiger partial charge in [0.25, 0.3) is 0 Å². The second-order valence-electron chi connectivity index (χ2n) is 6.06. The van der Waals surface area contributed by atoms with Crippen LogP contribution in [0, 0.1) is 0 Å². The Kier molecular flexibility index (Phi) is 4.63. The minimum atomic E-state index is -0.315. The highest BCUT2D eigenvalue weighted by molar-refractivity contribution is 5.31. The lowest BCUT2D eigenvalue weighted by Crippen LogP contribution is -2.26. The van der Waals surface area contributed by atoms with Crippen molar-refractivity contribution in [2.24, 2.45) is 7.05 Å². The molecule has 3 rings (SSSR count). The second-order valence-corrected chi connectivity index (χ2v) is 6.06. The number of rotatable bonds is 5. The maximum absolute atomic E-state index is 10.1. The maximum atomic E-state index is 10.1. The molecule has 6 nitrogen and oxygen atoms in total. The number of aromatic nitrogens is 3. The highest BCUT2D eigenvalue weighted by Gasteiger charge is 2.33. The minimum absolute atomic E-state index is 0.168. The smallest absolute Gasteiger partial charge is 0.146 e. The van der Waals surface area contributed by atoms with Crippen molar-refractivity contribution >= 4 is 0 Å². The Hall–Kier alpha value is -1.92. The van der Waals surface area contributed by atoms with Crippen LogP contribution in [0.1, 0.15) is 36.6 Å². The fourth-order valence-corrected chi connectivity index (χ4v) is 3.28. The fourth-order valence-electron chi connectivity index (χ4n) is 3.28. The van der Waals surface area contributed by atoms with E-state index in [1.807, 2.05) is 29.8 Å². The molecule has 1 aromatic carbocycles. The third kappa shape index (κ3) is 3.23. The van der Waals surface area contributed by atoms with Crippen LogP contribution in [-0.4, -0.2) is 44.5 Å². The standard InChI is InChI=1S/C17H24N4O2/c1-4-16-18-19-17(20(16)2)11-21-10-13(22)9-15(21)12-6-5-7-14(8-12)23-3/h5-8,13,15,22H,4,9-11H2,1-3H3/t13-,15-/m0/s1. The zero-order chi connectivity index (χ0) is 16.4. The zero-order valence-electron chi connectivity index (χ0n) is 13.9. The Morgan fingerprint density at radius 3 is 2.78 bits per heavy atom. The van der Waals surface area contributed by atoms with Crippen LogP contribution in [0.3, 0.4) is 0 Å². The summed E-state index contributed by atoms with van der Waals surface area (Å²) in [5.74, 6) is 2.76. The molecule has 2 aromatic rings. The van der Waals surface area contributed by atoms with Gasteiger partial charge in [-0.15, -0.1) is 10.2 Å². The lowest BCUT2D eigenvalue weighted by molar-refractivity contribution is 0.170. The predicted octanol–water partition coefficient (Wildman–Crippen LogP) is 1.69. The van der Waals surface area contributed by atoms with Gasteiger partial charge in [0.1, 0.15) is 17.4 Å². The van der Waals surface area contributed by atoms with Gasteiger partial charge in [0.15, 0.2) is 0 Å². The van der Waals surface area contributed by atoms with E-state index >= 15 is 0 Å². The Morgan fingerprint density at radius 2 is 2.09 bits per heavy atom. The van der Waals surface area contributed by atoms with E-state index in [1.54, 1.807) is 7.11 Å². The number of ether oxygens (including phenoxy) is 1. The number of nitrogens with zero attached hydrogens (tertiary/aromatic N) is 4. The number of β-amino-alcohol motifs (C(OH)–C–C–N with tert-alkyl or cyclic N) is 1. The molecule has 1 aliphatic rings. The summed E-state index contributed by atoms with van der Waals surface area (Å²) in [6.45, 7) is 3.41. The average Bonchev–Trinajstić information content (AvgIpc) is 3.11. The number of methoxy groups -OCH3 is 1. The summed E-state index contributed by atoms with van der Waals surface area (Å²) in [6.07, 6.45) is 1.28. The molecule has 1 aromatic heterocycles. The fraction of sp³-hybridized carbons (Fsp3) is 0.529. The Bertz CT molecular complexity index is 670. The molecule has 0 saturated carbocycles. The van der Waals surface area contributed by atoms with Gasteiger partial charge < -0.3 is 14.4 Å². The topological polar surface area (TPSA) is 63.4 Å². The summed E-state index contributed by atoms with van der Waals surface area (Å²) in [7, 11) is 3.67. The van der Waals surface area contributed by atoms with Crippen molar-refractivity contribution in [3.63, 3.8) is 0 Å². The first-order chi connectivity index (χ1) is 11.1. The molecule has 0 radical (unpaired) electrons. The molecule has 0 spiro atoms. The van der Waals surface area contributed by atoms with Gasteiger partial charge in [-0.1, -0.05) is 19.1 Å². The molecule has 6 heteroatoms. The van der Waals surface area contributed by atoms with Gasteiger partial charge in [0.05, 0.1) is 19.8 Å². The predicted molar refractivity (Wildman–Crippen MR) is 87.1 cm³/mol. The molecule has 2 atom stereocenters. The summed E-state index contributed by atoms with van der Waals surface area (Å²) >= 11 is 0. The third-order valence-electron chi connectivity index (χ3n) is 4.58. The van der Waals surface area contributed by atoms with Crippen molar-refractivity contribution in [3.8, 4) is 5.75 Å². The van der Waals surface area contributed by atoms with Crippen molar-refractivity contribution in [2.75, 3.05) is 13.7 Å². The summed E-state index contributed by atoms with van der Waals surface area (Å²) in [5, 5.41) is 18.7. The van der Waals surface area contributed by atoms with E-state index in [1.165, 1.54) is 5.56 Å². The van der Waals surface area contributed by atoms with Crippen LogP contribution in [0.2, 0.25) is 0 Å². The van der Waals surface area contributed by atoms with E-state index in [0.29, 0.717) is 13.1 Å². The summed E-state index contributed by atoms with van der Waals surface area (Å²) < 4.78 is 7.37.